The Morgan fingerprint density at radius 2 is 1.96 bits per heavy atom. The third-order valence-electron chi connectivity index (χ3n) is 3.49. The van der Waals surface area contributed by atoms with E-state index in [-0.39, 0.29) is 5.82 Å². The monoisotopic (exact) mass is 380 g/mol. The Morgan fingerprint density at radius 3 is 2.59 bits per heavy atom. The Labute approximate surface area is 150 Å². The van der Waals surface area contributed by atoms with E-state index in [0.29, 0.717) is 22.9 Å². The van der Waals surface area contributed by atoms with Gasteiger partial charge in [0.2, 0.25) is 0 Å². The molecule has 0 spiro atoms. The Morgan fingerprint density at radius 1 is 1.19 bits per heavy atom. The maximum Gasteiger partial charge on any atom is 0.453 e. The number of nitrogens with one attached hydrogen (secondary N) is 4. The van der Waals surface area contributed by atoms with E-state index in [1.807, 2.05) is 0 Å². The molecule has 0 saturated carbocycles. The quantitative estimate of drug-likeness (QED) is 0.554. The van der Waals surface area contributed by atoms with Crippen LogP contribution in [0, 0.1) is 6.92 Å². The first-order valence-corrected chi connectivity index (χ1v) is 7.79. The lowest BCUT2D eigenvalue weighted by Crippen LogP contribution is -2.31. The zero-order valence-corrected chi connectivity index (χ0v) is 14.2. The SMILES string of the molecule is Cc1nc(-c2cccc(NC(=O)NC(C)c3nc(C(F)(F)F)n[nH]3)c2)n[nH]1. The number of hydrogen-bond acceptors (Lipinski definition) is 5. The van der Waals surface area contributed by atoms with Crippen LogP contribution in [0.25, 0.3) is 11.4 Å². The van der Waals surface area contributed by atoms with Gasteiger partial charge in [0, 0.05) is 11.3 Å². The Hall–Kier alpha value is -3.44. The minimum atomic E-state index is -4.66. The molecule has 1 atom stereocenters. The van der Waals surface area contributed by atoms with E-state index < -0.39 is 24.1 Å². The molecule has 142 valence electrons. The van der Waals surface area contributed by atoms with Crippen LogP contribution in [0.15, 0.2) is 24.3 Å². The number of alkyl halides is 3. The van der Waals surface area contributed by atoms with Crippen LogP contribution >= 0.6 is 0 Å². The van der Waals surface area contributed by atoms with Crippen LogP contribution in [0.2, 0.25) is 0 Å². The lowest BCUT2D eigenvalue weighted by atomic mass is 10.2. The van der Waals surface area contributed by atoms with Crippen molar-refractivity contribution >= 4 is 11.7 Å². The molecule has 9 nitrogen and oxygen atoms in total. The van der Waals surface area contributed by atoms with Gasteiger partial charge in [-0.15, -0.1) is 5.10 Å². The van der Waals surface area contributed by atoms with Gasteiger partial charge in [0.25, 0.3) is 5.82 Å². The molecule has 0 saturated heterocycles. The summed E-state index contributed by atoms with van der Waals surface area (Å²) in [5.41, 5.74) is 1.16. The predicted molar refractivity (Wildman–Crippen MR) is 88.5 cm³/mol. The highest BCUT2D eigenvalue weighted by Gasteiger charge is 2.36. The molecule has 0 fully saturated rings. The summed E-state index contributed by atoms with van der Waals surface area (Å²) >= 11 is 0. The number of rotatable bonds is 4. The highest BCUT2D eigenvalue weighted by Crippen LogP contribution is 2.26. The molecular formula is C15H15F3N8O. The molecule has 4 N–H and O–H groups in total. The summed E-state index contributed by atoms with van der Waals surface area (Å²) in [5, 5.41) is 17.1. The van der Waals surface area contributed by atoms with Crippen molar-refractivity contribution in [1.29, 1.82) is 0 Å². The number of amides is 2. The number of aromatic amines is 2. The Balaban J connectivity index is 1.64. The van der Waals surface area contributed by atoms with Gasteiger partial charge in [-0.1, -0.05) is 12.1 Å². The number of aryl methyl sites for hydroxylation is 1. The average Bonchev–Trinajstić information content (AvgIpc) is 3.23. The van der Waals surface area contributed by atoms with E-state index in [1.165, 1.54) is 6.92 Å². The van der Waals surface area contributed by atoms with Crippen molar-refractivity contribution in [1.82, 2.24) is 35.7 Å². The van der Waals surface area contributed by atoms with Gasteiger partial charge in [-0.05, 0) is 26.0 Å². The molecule has 0 aliphatic heterocycles. The standard InChI is InChI=1S/C15H15F3N8O/c1-7(11-22-13(26-24-11)15(16,17)18)19-14(27)21-10-5-3-4-9(6-10)12-20-8(2)23-25-12/h3-7H,1-2H3,(H2,19,21,27)(H,20,23,25)(H,22,24,26). The largest absolute Gasteiger partial charge is 0.453 e. The summed E-state index contributed by atoms with van der Waals surface area (Å²) in [7, 11) is 0. The Kier molecular flexibility index (Phi) is 4.79. The van der Waals surface area contributed by atoms with Gasteiger partial charge in [-0.25, -0.2) is 14.8 Å². The van der Waals surface area contributed by atoms with E-state index in [2.05, 4.69) is 41.0 Å². The minimum absolute atomic E-state index is 0.109. The molecule has 0 aliphatic rings. The fraction of sp³-hybridized carbons (Fsp3) is 0.267. The number of benzene rings is 1. The third kappa shape index (κ3) is 4.40. The number of urea groups is 1. The molecule has 3 aromatic rings. The van der Waals surface area contributed by atoms with Crippen LogP contribution in [0.5, 0.6) is 0 Å². The first kappa shape index (κ1) is 18.4. The zero-order valence-electron chi connectivity index (χ0n) is 14.2. The van der Waals surface area contributed by atoms with Crippen LogP contribution in [-0.2, 0) is 6.18 Å². The summed E-state index contributed by atoms with van der Waals surface area (Å²) in [5.74, 6) is -0.269. The van der Waals surface area contributed by atoms with Crippen LogP contribution < -0.4 is 10.6 Å². The average molecular weight is 380 g/mol. The highest BCUT2D eigenvalue weighted by molar-refractivity contribution is 5.90. The molecule has 27 heavy (non-hydrogen) atoms. The topological polar surface area (TPSA) is 124 Å². The van der Waals surface area contributed by atoms with Gasteiger partial charge in [-0.2, -0.15) is 18.3 Å². The summed E-state index contributed by atoms with van der Waals surface area (Å²) in [4.78, 5) is 19.7. The van der Waals surface area contributed by atoms with Crippen LogP contribution in [0.4, 0.5) is 23.7 Å². The highest BCUT2D eigenvalue weighted by atomic mass is 19.4. The molecule has 0 radical (unpaired) electrons. The second-order valence-corrected chi connectivity index (χ2v) is 5.69. The minimum Gasteiger partial charge on any atom is -0.328 e. The van der Waals surface area contributed by atoms with E-state index in [1.54, 1.807) is 31.2 Å². The maximum atomic E-state index is 12.5. The van der Waals surface area contributed by atoms with Crippen molar-refractivity contribution in [3.8, 4) is 11.4 Å². The zero-order chi connectivity index (χ0) is 19.6. The first-order chi connectivity index (χ1) is 12.7. The molecule has 2 amide bonds. The van der Waals surface area contributed by atoms with Crippen LogP contribution in [-0.4, -0.2) is 36.4 Å². The van der Waals surface area contributed by atoms with Gasteiger partial charge < -0.3 is 10.6 Å². The van der Waals surface area contributed by atoms with Gasteiger partial charge in [-0.3, -0.25) is 10.2 Å². The van der Waals surface area contributed by atoms with Gasteiger partial charge in [0.05, 0.1) is 6.04 Å². The molecule has 2 aromatic heterocycles. The molecule has 0 aliphatic carbocycles. The second kappa shape index (κ2) is 7.05. The molecule has 12 heteroatoms. The number of halogens is 3. The van der Waals surface area contributed by atoms with Crippen LogP contribution in [0.3, 0.4) is 0 Å². The fourth-order valence-electron chi connectivity index (χ4n) is 2.23. The van der Waals surface area contributed by atoms with Crippen molar-refractivity contribution in [3.63, 3.8) is 0 Å². The molecule has 1 aromatic carbocycles. The number of carbonyl (C=O) groups is 1. The molecule has 3 rings (SSSR count). The molecule has 1 unspecified atom stereocenters. The maximum absolute atomic E-state index is 12.5. The van der Waals surface area contributed by atoms with Crippen molar-refractivity contribution in [2.24, 2.45) is 0 Å². The number of aromatic nitrogens is 6. The number of anilines is 1. The van der Waals surface area contributed by atoms with Gasteiger partial charge >= 0.3 is 12.2 Å². The molecule has 2 heterocycles. The van der Waals surface area contributed by atoms with E-state index in [9.17, 15) is 18.0 Å². The Bertz CT molecular complexity index is 948. The third-order valence-corrected chi connectivity index (χ3v) is 3.49. The predicted octanol–water partition coefficient (Wildman–Crippen LogP) is 2.80. The second-order valence-electron chi connectivity index (χ2n) is 5.69. The number of carbonyl (C=O) groups excluding carboxylic acids is 1. The first-order valence-electron chi connectivity index (χ1n) is 7.79. The lowest BCUT2D eigenvalue weighted by Gasteiger charge is -2.12. The van der Waals surface area contributed by atoms with Crippen LogP contribution in [0.1, 0.15) is 30.4 Å². The lowest BCUT2D eigenvalue weighted by molar-refractivity contribution is -0.144. The molecule has 0 bridgehead atoms. The summed E-state index contributed by atoms with van der Waals surface area (Å²) < 4.78 is 37.6. The van der Waals surface area contributed by atoms with Gasteiger partial charge in [0.15, 0.2) is 5.82 Å². The smallest absolute Gasteiger partial charge is 0.328 e. The van der Waals surface area contributed by atoms with E-state index in [0.717, 1.165) is 0 Å². The summed E-state index contributed by atoms with van der Waals surface area (Å²) in [6.45, 7) is 3.24. The van der Waals surface area contributed by atoms with Crippen molar-refractivity contribution in [2.45, 2.75) is 26.1 Å². The molecular weight excluding hydrogens is 365 g/mol. The number of H-pyrrole nitrogens is 2. The summed E-state index contributed by atoms with van der Waals surface area (Å²) in [6.07, 6.45) is -4.66. The number of nitrogens with zero attached hydrogens (tertiary/aromatic N) is 4. The fourth-order valence-corrected chi connectivity index (χ4v) is 2.23. The number of hydrogen-bond donors (Lipinski definition) is 4. The van der Waals surface area contributed by atoms with E-state index >= 15 is 0 Å². The van der Waals surface area contributed by atoms with E-state index in [4.69, 9.17) is 0 Å². The van der Waals surface area contributed by atoms with Crippen molar-refractivity contribution < 1.29 is 18.0 Å². The normalized spacial score (nSPS) is 12.6. The van der Waals surface area contributed by atoms with Crippen molar-refractivity contribution in [2.75, 3.05) is 5.32 Å². The van der Waals surface area contributed by atoms with Gasteiger partial charge in [0.1, 0.15) is 11.6 Å². The van der Waals surface area contributed by atoms with Crippen molar-refractivity contribution in [3.05, 3.63) is 41.7 Å². The summed E-state index contributed by atoms with van der Waals surface area (Å²) in [6, 6.07) is 5.39.